The van der Waals surface area contributed by atoms with Crippen LogP contribution in [0.2, 0.25) is 0 Å². The Labute approximate surface area is 102 Å². The molecule has 6 nitrogen and oxygen atoms in total. The minimum absolute atomic E-state index is 0.0249. The molecule has 0 spiro atoms. The molecule has 0 saturated heterocycles. The Morgan fingerprint density at radius 2 is 2.33 bits per heavy atom. The topological polar surface area (TPSA) is 77.3 Å². The summed E-state index contributed by atoms with van der Waals surface area (Å²) < 4.78 is 28.1. The number of hydrogen-bond acceptors (Lipinski definition) is 5. The van der Waals surface area contributed by atoms with Gasteiger partial charge in [0, 0.05) is 18.8 Å². The van der Waals surface area contributed by atoms with Gasteiger partial charge in [-0.25, -0.2) is 13.8 Å². The molecule has 8 heteroatoms. The van der Waals surface area contributed by atoms with Crippen molar-refractivity contribution in [2.75, 3.05) is 25.1 Å². The van der Waals surface area contributed by atoms with Gasteiger partial charge in [0.15, 0.2) is 0 Å². The van der Waals surface area contributed by atoms with Crippen molar-refractivity contribution in [3.05, 3.63) is 27.9 Å². The Bertz CT molecular complexity index is 415. The van der Waals surface area contributed by atoms with E-state index in [2.05, 4.69) is 15.0 Å². The van der Waals surface area contributed by atoms with Crippen LogP contribution in [-0.4, -0.2) is 36.1 Å². The fourth-order valence-corrected chi connectivity index (χ4v) is 1.24. The number of pyridine rings is 1. The minimum atomic E-state index is -2.52. The second kappa shape index (κ2) is 6.80. The second-order valence-electron chi connectivity index (χ2n) is 3.53. The predicted molar refractivity (Wildman–Crippen MR) is 60.9 cm³/mol. The molecule has 1 aromatic rings. The van der Waals surface area contributed by atoms with Gasteiger partial charge >= 0.3 is 5.69 Å². The van der Waals surface area contributed by atoms with Gasteiger partial charge in [0.2, 0.25) is 5.82 Å². The van der Waals surface area contributed by atoms with Gasteiger partial charge in [-0.1, -0.05) is 0 Å². The maximum absolute atomic E-state index is 11.8. The predicted octanol–water partition coefficient (Wildman–Crippen LogP) is 1.99. The number of aryl methyl sites for hydroxylation is 1. The average Bonchev–Trinajstić information content (AvgIpc) is 2.29. The third kappa shape index (κ3) is 4.58. The standard InChI is InChI=1S/C10H13F2N3O3/c1-7-4-8(15(16)17)10(14-5-7)13-2-3-18-6-9(11)12/h4-5,9H,2-3,6H2,1H3,(H,13,14). The molecule has 0 aliphatic carbocycles. The van der Waals surface area contributed by atoms with Crippen LogP contribution in [0, 0.1) is 17.0 Å². The molecule has 1 heterocycles. The molecule has 1 rings (SSSR count). The van der Waals surface area contributed by atoms with Crippen molar-refractivity contribution in [1.29, 1.82) is 0 Å². The van der Waals surface area contributed by atoms with Gasteiger partial charge in [-0.05, 0) is 12.5 Å². The second-order valence-corrected chi connectivity index (χ2v) is 3.53. The van der Waals surface area contributed by atoms with Crippen LogP contribution < -0.4 is 5.32 Å². The lowest BCUT2D eigenvalue weighted by molar-refractivity contribution is -0.384. The van der Waals surface area contributed by atoms with Crippen molar-refractivity contribution in [3.8, 4) is 0 Å². The Balaban J connectivity index is 2.49. The Kier molecular flexibility index (Phi) is 5.37. The molecule has 0 atom stereocenters. The van der Waals surface area contributed by atoms with Crippen molar-refractivity contribution >= 4 is 11.5 Å². The summed E-state index contributed by atoms with van der Waals surface area (Å²) >= 11 is 0. The smallest absolute Gasteiger partial charge is 0.311 e. The molecule has 1 aromatic heterocycles. The summed E-state index contributed by atoms with van der Waals surface area (Å²) in [7, 11) is 0. The molecule has 100 valence electrons. The molecule has 0 aliphatic heterocycles. The molecule has 0 amide bonds. The van der Waals surface area contributed by atoms with Gasteiger partial charge < -0.3 is 10.1 Å². The van der Waals surface area contributed by atoms with E-state index in [0.717, 1.165) is 0 Å². The van der Waals surface area contributed by atoms with E-state index in [0.29, 0.717) is 5.56 Å². The van der Waals surface area contributed by atoms with Crippen molar-refractivity contribution < 1.29 is 18.4 Å². The summed E-state index contributed by atoms with van der Waals surface area (Å²) in [6.07, 6.45) is -1.04. The monoisotopic (exact) mass is 261 g/mol. The highest BCUT2D eigenvalue weighted by atomic mass is 19.3. The van der Waals surface area contributed by atoms with Gasteiger partial charge in [-0.3, -0.25) is 10.1 Å². The number of nitrogens with one attached hydrogen (secondary N) is 1. The molecule has 0 aromatic carbocycles. The van der Waals surface area contributed by atoms with Gasteiger partial charge in [0.25, 0.3) is 6.43 Å². The molecular weight excluding hydrogens is 248 g/mol. The molecule has 0 aliphatic rings. The molecule has 0 saturated carbocycles. The number of nitro groups is 1. The Morgan fingerprint density at radius 3 is 2.94 bits per heavy atom. The van der Waals surface area contributed by atoms with Gasteiger partial charge in [-0.15, -0.1) is 0 Å². The summed E-state index contributed by atoms with van der Waals surface area (Å²) in [6.45, 7) is 1.24. The maximum Gasteiger partial charge on any atom is 0.311 e. The molecule has 0 unspecified atom stereocenters. The van der Waals surface area contributed by atoms with Crippen LogP contribution in [0.25, 0.3) is 0 Å². The molecule has 0 fully saturated rings. The van der Waals surface area contributed by atoms with Crippen LogP contribution in [0.3, 0.4) is 0 Å². The minimum Gasteiger partial charge on any atom is -0.374 e. The molecule has 0 radical (unpaired) electrons. The van der Waals surface area contributed by atoms with E-state index >= 15 is 0 Å². The number of aromatic nitrogens is 1. The lowest BCUT2D eigenvalue weighted by Crippen LogP contribution is -2.14. The highest BCUT2D eigenvalue weighted by Gasteiger charge is 2.14. The first-order valence-corrected chi connectivity index (χ1v) is 5.21. The summed E-state index contributed by atoms with van der Waals surface area (Å²) in [4.78, 5) is 14.1. The third-order valence-electron chi connectivity index (χ3n) is 1.98. The normalized spacial score (nSPS) is 10.7. The molecule has 18 heavy (non-hydrogen) atoms. The first kappa shape index (κ1) is 14.2. The van der Waals surface area contributed by atoms with Crippen LogP contribution in [0.1, 0.15) is 5.56 Å². The number of hydrogen-bond donors (Lipinski definition) is 1. The molecular formula is C10H13F2N3O3. The summed E-state index contributed by atoms with van der Waals surface area (Å²) in [5.41, 5.74) is 0.519. The zero-order valence-electron chi connectivity index (χ0n) is 9.73. The average molecular weight is 261 g/mol. The summed E-state index contributed by atoms with van der Waals surface area (Å²) in [5, 5.41) is 13.4. The Morgan fingerprint density at radius 1 is 1.61 bits per heavy atom. The maximum atomic E-state index is 11.8. The van der Waals surface area contributed by atoms with E-state index in [9.17, 15) is 18.9 Å². The first-order chi connectivity index (χ1) is 8.50. The Hall–Kier alpha value is -1.83. The molecule has 1 N–H and O–H groups in total. The lowest BCUT2D eigenvalue weighted by atomic mass is 10.3. The SMILES string of the molecule is Cc1cnc(NCCOCC(F)F)c([N+](=O)[O-])c1. The zero-order chi connectivity index (χ0) is 13.5. The van der Waals surface area contributed by atoms with Crippen LogP contribution in [0.5, 0.6) is 0 Å². The largest absolute Gasteiger partial charge is 0.374 e. The fraction of sp³-hybridized carbons (Fsp3) is 0.500. The van der Waals surface area contributed by atoms with Crippen molar-refractivity contribution in [2.45, 2.75) is 13.3 Å². The van der Waals surface area contributed by atoms with E-state index in [1.54, 1.807) is 6.92 Å². The van der Waals surface area contributed by atoms with E-state index in [-0.39, 0.29) is 24.7 Å². The van der Waals surface area contributed by atoms with Crippen LogP contribution in [-0.2, 0) is 4.74 Å². The van der Waals surface area contributed by atoms with Crippen molar-refractivity contribution in [1.82, 2.24) is 4.98 Å². The van der Waals surface area contributed by atoms with Gasteiger partial charge in [0.05, 0.1) is 11.5 Å². The van der Waals surface area contributed by atoms with Crippen molar-refractivity contribution in [3.63, 3.8) is 0 Å². The molecule has 0 bridgehead atoms. The number of rotatable bonds is 7. The quantitative estimate of drug-likeness (QED) is 0.461. The third-order valence-corrected chi connectivity index (χ3v) is 1.98. The van der Waals surface area contributed by atoms with E-state index in [1.165, 1.54) is 12.3 Å². The van der Waals surface area contributed by atoms with Crippen molar-refractivity contribution in [2.24, 2.45) is 0 Å². The van der Waals surface area contributed by atoms with Crippen LogP contribution >= 0.6 is 0 Å². The van der Waals surface area contributed by atoms with Gasteiger partial charge in [-0.2, -0.15) is 0 Å². The van der Waals surface area contributed by atoms with E-state index in [4.69, 9.17) is 0 Å². The van der Waals surface area contributed by atoms with Crippen LogP contribution in [0.4, 0.5) is 20.3 Å². The van der Waals surface area contributed by atoms with Gasteiger partial charge in [0.1, 0.15) is 6.61 Å². The summed E-state index contributed by atoms with van der Waals surface area (Å²) in [6, 6.07) is 1.38. The first-order valence-electron chi connectivity index (χ1n) is 5.21. The fourth-order valence-electron chi connectivity index (χ4n) is 1.24. The van der Waals surface area contributed by atoms with Crippen LogP contribution in [0.15, 0.2) is 12.3 Å². The van der Waals surface area contributed by atoms with E-state index < -0.39 is 18.0 Å². The lowest BCUT2D eigenvalue weighted by Gasteiger charge is -2.07. The number of ether oxygens (including phenoxy) is 1. The number of halogens is 2. The zero-order valence-corrected chi connectivity index (χ0v) is 9.73. The number of alkyl halides is 2. The van der Waals surface area contributed by atoms with E-state index in [1.807, 2.05) is 0 Å². The highest BCUT2D eigenvalue weighted by Crippen LogP contribution is 2.21. The highest BCUT2D eigenvalue weighted by molar-refractivity contribution is 5.56. The summed E-state index contributed by atoms with van der Waals surface area (Å²) in [5.74, 6) is 0.103. The number of anilines is 1. The number of nitrogens with zero attached hydrogens (tertiary/aromatic N) is 2.